The Hall–Kier alpha value is -3.39. The molecule has 7 nitrogen and oxygen atoms in total. The van der Waals surface area contributed by atoms with E-state index in [1.165, 1.54) is 6.07 Å². The number of nitrogens with zero attached hydrogens (tertiary/aromatic N) is 7. The fourth-order valence-corrected chi connectivity index (χ4v) is 4.76. The fourth-order valence-electron chi connectivity index (χ4n) is 4.76. The first kappa shape index (κ1) is 21.5. The van der Waals surface area contributed by atoms with Crippen molar-refractivity contribution in [3.05, 3.63) is 65.9 Å². The predicted octanol–water partition coefficient (Wildman–Crippen LogP) is 3.97. The van der Waals surface area contributed by atoms with E-state index in [1.54, 1.807) is 6.20 Å². The molecule has 0 atom stereocenters. The second-order valence-corrected chi connectivity index (χ2v) is 8.77. The van der Waals surface area contributed by atoms with Crippen molar-refractivity contribution in [1.29, 1.82) is 0 Å². The SMILES string of the molecule is Cc1nc(F)ccc1CN(C)C1CCN(c2nnc(-c3ccnn3C)c3ccccc23)CC1. The van der Waals surface area contributed by atoms with Gasteiger partial charge in [-0.05, 0) is 44.5 Å². The number of halogens is 1. The minimum Gasteiger partial charge on any atom is -0.354 e. The van der Waals surface area contributed by atoms with Crippen molar-refractivity contribution in [3.63, 3.8) is 0 Å². The Kier molecular flexibility index (Phi) is 5.76. The maximum atomic E-state index is 13.3. The molecule has 1 fully saturated rings. The third-order valence-corrected chi connectivity index (χ3v) is 6.70. The molecular formula is C25H28FN7. The Labute approximate surface area is 192 Å². The molecule has 0 radical (unpaired) electrons. The summed E-state index contributed by atoms with van der Waals surface area (Å²) in [5.74, 6) is 0.520. The van der Waals surface area contributed by atoms with E-state index in [1.807, 2.05) is 36.9 Å². The molecule has 1 saturated heterocycles. The second-order valence-electron chi connectivity index (χ2n) is 8.77. The number of fused-ring (bicyclic) bond motifs is 1. The molecule has 0 amide bonds. The summed E-state index contributed by atoms with van der Waals surface area (Å²) in [6.07, 6.45) is 3.85. The van der Waals surface area contributed by atoms with Crippen molar-refractivity contribution in [3.8, 4) is 11.4 Å². The topological polar surface area (TPSA) is 63.0 Å². The average Bonchev–Trinajstić information content (AvgIpc) is 3.26. The van der Waals surface area contributed by atoms with Crippen LogP contribution in [0, 0.1) is 12.9 Å². The van der Waals surface area contributed by atoms with Crippen LogP contribution in [0.2, 0.25) is 0 Å². The number of pyridine rings is 1. The van der Waals surface area contributed by atoms with Gasteiger partial charge in [-0.3, -0.25) is 9.58 Å². The Morgan fingerprint density at radius 3 is 2.48 bits per heavy atom. The van der Waals surface area contributed by atoms with Gasteiger partial charge in [0, 0.05) is 55.4 Å². The van der Waals surface area contributed by atoms with E-state index in [9.17, 15) is 4.39 Å². The number of hydrogen-bond acceptors (Lipinski definition) is 6. The van der Waals surface area contributed by atoms with Crippen molar-refractivity contribution in [2.24, 2.45) is 7.05 Å². The first-order valence-corrected chi connectivity index (χ1v) is 11.3. The molecule has 33 heavy (non-hydrogen) atoms. The zero-order valence-corrected chi connectivity index (χ0v) is 19.2. The van der Waals surface area contributed by atoms with Crippen molar-refractivity contribution in [2.45, 2.75) is 32.4 Å². The first-order valence-electron chi connectivity index (χ1n) is 11.3. The van der Waals surface area contributed by atoms with Gasteiger partial charge in [0.1, 0.15) is 5.69 Å². The van der Waals surface area contributed by atoms with E-state index in [-0.39, 0.29) is 0 Å². The zero-order valence-electron chi connectivity index (χ0n) is 19.2. The average molecular weight is 446 g/mol. The summed E-state index contributed by atoms with van der Waals surface area (Å²) in [7, 11) is 4.06. The number of anilines is 1. The largest absolute Gasteiger partial charge is 0.354 e. The van der Waals surface area contributed by atoms with Crippen molar-refractivity contribution in [1.82, 2.24) is 29.9 Å². The standard InChI is InChI=1S/C25H28FN7/c1-17-18(8-9-23(26)28-17)16-31(2)19-11-14-33(15-12-19)25-21-7-5-4-6-20(21)24(29-30-25)22-10-13-27-32(22)3/h4-10,13,19H,11-12,14-16H2,1-3H3. The molecule has 0 aliphatic carbocycles. The quantitative estimate of drug-likeness (QED) is 0.433. The number of hydrogen-bond donors (Lipinski definition) is 0. The molecule has 8 heteroatoms. The van der Waals surface area contributed by atoms with Gasteiger partial charge in [0.05, 0.1) is 5.69 Å². The third kappa shape index (κ3) is 4.18. The lowest BCUT2D eigenvalue weighted by molar-refractivity contribution is 0.199. The Balaban J connectivity index is 1.33. The van der Waals surface area contributed by atoms with Crippen LogP contribution in [0.4, 0.5) is 10.2 Å². The molecule has 4 heterocycles. The molecule has 170 valence electrons. The molecule has 1 aliphatic rings. The molecule has 3 aromatic heterocycles. The summed E-state index contributed by atoms with van der Waals surface area (Å²) in [4.78, 5) is 8.66. The van der Waals surface area contributed by atoms with Gasteiger partial charge in [-0.2, -0.15) is 9.49 Å². The summed E-state index contributed by atoms with van der Waals surface area (Å²) in [5.41, 5.74) is 3.64. The summed E-state index contributed by atoms with van der Waals surface area (Å²) in [6.45, 7) is 4.47. The van der Waals surface area contributed by atoms with Crippen LogP contribution in [0.3, 0.4) is 0 Å². The fraction of sp³-hybridized carbons (Fsp3) is 0.360. The van der Waals surface area contributed by atoms with Gasteiger partial charge in [-0.15, -0.1) is 10.2 Å². The highest BCUT2D eigenvalue weighted by molar-refractivity contribution is 5.99. The highest BCUT2D eigenvalue weighted by Crippen LogP contribution is 2.32. The summed E-state index contributed by atoms with van der Waals surface area (Å²) >= 11 is 0. The smallest absolute Gasteiger partial charge is 0.213 e. The number of piperidine rings is 1. The van der Waals surface area contributed by atoms with Crippen LogP contribution in [0.5, 0.6) is 0 Å². The zero-order chi connectivity index (χ0) is 22.9. The molecule has 0 bridgehead atoms. The first-order chi connectivity index (χ1) is 16.0. The third-order valence-electron chi connectivity index (χ3n) is 6.70. The molecule has 0 unspecified atom stereocenters. The van der Waals surface area contributed by atoms with E-state index in [0.29, 0.717) is 6.04 Å². The van der Waals surface area contributed by atoms with Crippen LogP contribution in [0.25, 0.3) is 22.2 Å². The highest BCUT2D eigenvalue weighted by atomic mass is 19.1. The van der Waals surface area contributed by atoms with E-state index in [0.717, 1.165) is 71.7 Å². The van der Waals surface area contributed by atoms with Gasteiger partial charge in [-0.25, -0.2) is 4.98 Å². The normalized spacial score (nSPS) is 15.0. The molecule has 5 rings (SSSR count). The number of rotatable bonds is 5. The van der Waals surface area contributed by atoms with Crippen molar-refractivity contribution in [2.75, 3.05) is 25.0 Å². The van der Waals surface area contributed by atoms with Gasteiger partial charge in [0.2, 0.25) is 5.95 Å². The van der Waals surface area contributed by atoms with Crippen LogP contribution in [-0.2, 0) is 13.6 Å². The Morgan fingerprint density at radius 1 is 1.03 bits per heavy atom. The van der Waals surface area contributed by atoms with Crippen LogP contribution >= 0.6 is 0 Å². The Bertz CT molecular complexity index is 1280. The molecule has 0 saturated carbocycles. The second kappa shape index (κ2) is 8.86. The van der Waals surface area contributed by atoms with Gasteiger partial charge in [0.15, 0.2) is 5.82 Å². The summed E-state index contributed by atoms with van der Waals surface area (Å²) < 4.78 is 15.2. The summed E-state index contributed by atoms with van der Waals surface area (Å²) in [5, 5.41) is 15.8. The monoisotopic (exact) mass is 445 g/mol. The molecule has 0 N–H and O–H groups in total. The van der Waals surface area contributed by atoms with E-state index in [4.69, 9.17) is 0 Å². The lowest BCUT2D eigenvalue weighted by Gasteiger charge is -2.37. The van der Waals surface area contributed by atoms with E-state index >= 15 is 0 Å². The van der Waals surface area contributed by atoms with Gasteiger partial charge in [0.25, 0.3) is 0 Å². The Morgan fingerprint density at radius 2 is 1.79 bits per heavy atom. The van der Waals surface area contributed by atoms with Crippen LogP contribution in [-0.4, -0.2) is 56.0 Å². The van der Waals surface area contributed by atoms with E-state index in [2.05, 4.69) is 55.3 Å². The van der Waals surface area contributed by atoms with Crippen LogP contribution in [0.1, 0.15) is 24.1 Å². The summed E-state index contributed by atoms with van der Waals surface area (Å²) in [6, 6.07) is 14.0. The van der Waals surface area contributed by atoms with Crippen molar-refractivity contribution < 1.29 is 4.39 Å². The van der Waals surface area contributed by atoms with Gasteiger partial charge >= 0.3 is 0 Å². The van der Waals surface area contributed by atoms with Gasteiger partial charge < -0.3 is 4.90 Å². The highest BCUT2D eigenvalue weighted by Gasteiger charge is 2.25. The number of aryl methyl sites for hydroxylation is 2. The minimum absolute atomic E-state index is 0.421. The maximum absolute atomic E-state index is 13.3. The molecule has 1 aromatic carbocycles. The lowest BCUT2D eigenvalue weighted by atomic mass is 10.0. The minimum atomic E-state index is -0.421. The maximum Gasteiger partial charge on any atom is 0.213 e. The van der Waals surface area contributed by atoms with Gasteiger partial charge in [-0.1, -0.05) is 30.3 Å². The molecular weight excluding hydrogens is 417 g/mol. The molecule has 4 aromatic rings. The lowest BCUT2D eigenvalue weighted by Crippen LogP contribution is -2.43. The van der Waals surface area contributed by atoms with Crippen molar-refractivity contribution >= 4 is 16.6 Å². The predicted molar refractivity (Wildman–Crippen MR) is 127 cm³/mol. The number of benzene rings is 1. The van der Waals surface area contributed by atoms with E-state index < -0.39 is 5.95 Å². The molecule has 0 spiro atoms. The van der Waals surface area contributed by atoms with Crippen LogP contribution < -0.4 is 4.90 Å². The molecule has 1 aliphatic heterocycles. The number of aromatic nitrogens is 5. The van der Waals surface area contributed by atoms with Crippen LogP contribution in [0.15, 0.2) is 48.7 Å².